The molecule has 0 amide bonds. The van der Waals surface area contributed by atoms with Crippen LogP contribution >= 0.6 is 11.6 Å². The third-order valence-electron chi connectivity index (χ3n) is 5.15. The third kappa shape index (κ3) is 3.86. The van der Waals surface area contributed by atoms with E-state index in [-0.39, 0.29) is 24.2 Å². The Hall–Kier alpha value is -2.84. The second-order valence-electron chi connectivity index (χ2n) is 7.11. The van der Waals surface area contributed by atoms with E-state index in [1.165, 1.54) is 13.3 Å². The molecule has 0 unspecified atom stereocenters. The summed E-state index contributed by atoms with van der Waals surface area (Å²) >= 11 is 6.23. The maximum Gasteiger partial charge on any atom is 0.318 e. The number of para-hydroxylation sites is 1. The van der Waals surface area contributed by atoms with Crippen molar-refractivity contribution in [2.45, 2.75) is 18.9 Å². The summed E-state index contributed by atoms with van der Waals surface area (Å²) in [6, 6.07) is 7.36. The first-order valence-electron chi connectivity index (χ1n) is 9.35. The number of nitrogens with zero attached hydrogens (tertiary/aromatic N) is 3. The zero-order chi connectivity index (χ0) is 20.5. The summed E-state index contributed by atoms with van der Waals surface area (Å²) in [6.45, 7) is 0.0235. The highest BCUT2D eigenvalue weighted by Crippen LogP contribution is 2.36. The summed E-state index contributed by atoms with van der Waals surface area (Å²) in [6.07, 6.45) is 3.62. The van der Waals surface area contributed by atoms with E-state index >= 15 is 0 Å². The summed E-state index contributed by atoms with van der Waals surface area (Å²) in [5.41, 5.74) is 1.90. The lowest BCUT2D eigenvalue weighted by Gasteiger charge is -2.20. The number of hydrogen-bond acceptors (Lipinski definition) is 7. The van der Waals surface area contributed by atoms with Crippen molar-refractivity contribution in [2.24, 2.45) is 13.0 Å². The molecule has 152 valence electrons. The summed E-state index contributed by atoms with van der Waals surface area (Å²) in [5.74, 6) is 0.816. The van der Waals surface area contributed by atoms with Gasteiger partial charge in [0.2, 0.25) is 0 Å². The number of aromatic nitrogens is 3. The Labute approximate surface area is 172 Å². The van der Waals surface area contributed by atoms with Crippen molar-refractivity contribution >= 4 is 39.7 Å². The first-order valence-corrected chi connectivity index (χ1v) is 9.73. The Kier molecular flexibility index (Phi) is 5.29. The number of aryl methyl sites for hydroxylation is 1. The predicted molar refractivity (Wildman–Crippen MR) is 113 cm³/mol. The molecule has 3 aromatic rings. The molecule has 29 heavy (non-hydrogen) atoms. The van der Waals surface area contributed by atoms with Crippen molar-refractivity contribution in [3.63, 3.8) is 0 Å². The van der Waals surface area contributed by atoms with Crippen LogP contribution in [0.5, 0.6) is 6.01 Å². The zero-order valence-corrected chi connectivity index (χ0v) is 16.9. The van der Waals surface area contributed by atoms with Crippen LogP contribution in [0.4, 0.5) is 17.2 Å². The Morgan fingerprint density at radius 3 is 2.86 bits per heavy atom. The number of hydrogen-bond donors (Lipinski definition) is 3. The van der Waals surface area contributed by atoms with Gasteiger partial charge in [0.15, 0.2) is 5.82 Å². The second kappa shape index (κ2) is 7.88. The number of pyridine rings is 1. The topological polar surface area (TPSA) is 101 Å². The van der Waals surface area contributed by atoms with Gasteiger partial charge in [-0.1, -0.05) is 23.7 Å². The van der Waals surface area contributed by atoms with Crippen LogP contribution in [0, 0.1) is 5.92 Å². The van der Waals surface area contributed by atoms with E-state index in [0.29, 0.717) is 33.6 Å². The van der Waals surface area contributed by atoms with Crippen LogP contribution in [0.15, 0.2) is 35.3 Å². The fourth-order valence-corrected chi connectivity index (χ4v) is 3.56. The quantitative estimate of drug-likeness (QED) is 0.545. The lowest BCUT2D eigenvalue weighted by molar-refractivity contribution is 0.263. The maximum atomic E-state index is 12.6. The summed E-state index contributed by atoms with van der Waals surface area (Å²) in [5, 5.41) is 17.5. The van der Waals surface area contributed by atoms with Gasteiger partial charge in [-0.25, -0.2) is 4.98 Å². The highest BCUT2D eigenvalue weighted by atomic mass is 35.5. The number of rotatable bonds is 7. The molecule has 3 N–H and O–H groups in total. The highest BCUT2D eigenvalue weighted by Gasteiger charge is 2.31. The van der Waals surface area contributed by atoms with Crippen LogP contribution in [-0.2, 0) is 7.05 Å². The number of fused-ring (bicyclic) bond motifs is 1. The minimum atomic E-state index is -0.159. The van der Waals surface area contributed by atoms with Crippen molar-refractivity contribution < 1.29 is 9.84 Å². The van der Waals surface area contributed by atoms with Crippen molar-refractivity contribution in [1.29, 1.82) is 0 Å². The Morgan fingerprint density at radius 1 is 1.38 bits per heavy atom. The molecule has 9 heteroatoms. The largest absolute Gasteiger partial charge is 0.467 e. The normalized spacial score (nSPS) is 14.6. The fourth-order valence-electron chi connectivity index (χ4n) is 3.43. The van der Waals surface area contributed by atoms with Crippen LogP contribution in [0.3, 0.4) is 0 Å². The van der Waals surface area contributed by atoms with Crippen molar-refractivity contribution in [2.75, 3.05) is 24.4 Å². The van der Waals surface area contributed by atoms with E-state index in [9.17, 15) is 9.90 Å². The first-order chi connectivity index (χ1) is 14.0. The fraction of sp³-hybridized carbons (Fsp3) is 0.350. The molecule has 8 nitrogen and oxygen atoms in total. The van der Waals surface area contributed by atoms with Gasteiger partial charge < -0.3 is 25.0 Å². The maximum absolute atomic E-state index is 12.6. The van der Waals surface area contributed by atoms with E-state index < -0.39 is 0 Å². The number of aliphatic hydroxyl groups excluding tert-OH is 1. The average Bonchev–Trinajstić information content (AvgIpc) is 3.56. The van der Waals surface area contributed by atoms with Crippen LogP contribution in [0.25, 0.3) is 10.9 Å². The van der Waals surface area contributed by atoms with Crippen LogP contribution in [-0.4, -0.2) is 39.4 Å². The molecular weight excluding hydrogens is 394 g/mol. The zero-order valence-electron chi connectivity index (χ0n) is 16.1. The molecule has 1 aliphatic carbocycles. The average molecular weight is 416 g/mol. The number of anilines is 3. The van der Waals surface area contributed by atoms with E-state index in [1.807, 2.05) is 18.2 Å². The van der Waals surface area contributed by atoms with Gasteiger partial charge in [-0.3, -0.25) is 4.79 Å². The smallest absolute Gasteiger partial charge is 0.318 e. The molecule has 0 aliphatic heterocycles. The summed E-state index contributed by atoms with van der Waals surface area (Å²) < 4.78 is 6.64. The Balaban J connectivity index is 1.80. The molecule has 1 aromatic carbocycles. The van der Waals surface area contributed by atoms with Crippen molar-refractivity contribution in [3.8, 4) is 6.01 Å². The number of nitrogens with one attached hydrogen (secondary N) is 2. The van der Waals surface area contributed by atoms with Gasteiger partial charge in [0.1, 0.15) is 5.02 Å². The van der Waals surface area contributed by atoms with E-state index in [4.69, 9.17) is 16.3 Å². The third-order valence-corrected chi connectivity index (χ3v) is 5.42. The molecule has 0 radical (unpaired) electrons. The van der Waals surface area contributed by atoms with E-state index in [0.717, 1.165) is 18.2 Å². The number of benzene rings is 1. The van der Waals surface area contributed by atoms with Gasteiger partial charge in [0, 0.05) is 24.2 Å². The number of ether oxygens (including phenoxy) is 1. The summed E-state index contributed by atoms with van der Waals surface area (Å²) in [7, 11) is 3.19. The molecule has 1 fully saturated rings. The highest BCUT2D eigenvalue weighted by molar-refractivity contribution is 6.33. The van der Waals surface area contributed by atoms with Gasteiger partial charge in [0.25, 0.3) is 5.56 Å². The molecule has 0 spiro atoms. The van der Waals surface area contributed by atoms with Gasteiger partial charge in [-0.2, -0.15) is 4.98 Å². The van der Waals surface area contributed by atoms with Gasteiger partial charge in [-0.15, -0.1) is 0 Å². The molecule has 1 atom stereocenters. The minimum absolute atomic E-state index is 0.0235. The van der Waals surface area contributed by atoms with Crippen LogP contribution in [0.2, 0.25) is 5.02 Å². The van der Waals surface area contributed by atoms with Crippen LogP contribution in [0.1, 0.15) is 12.8 Å². The lowest BCUT2D eigenvalue weighted by Crippen LogP contribution is -2.28. The Morgan fingerprint density at radius 2 is 2.17 bits per heavy atom. The van der Waals surface area contributed by atoms with E-state index in [1.54, 1.807) is 17.7 Å². The number of aliphatic hydroxyl groups is 1. The molecule has 4 rings (SSSR count). The molecule has 0 bridgehead atoms. The molecule has 2 aromatic heterocycles. The number of halogens is 1. The first kappa shape index (κ1) is 19.5. The van der Waals surface area contributed by atoms with Gasteiger partial charge in [0.05, 0.1) is 37.2 Å². The second-order valence-corrected chi connectivity index (χ2v) is 7.51. The van der Waals surface area contributed by atoms with Crippen molar-refractivity contribution in [3.05, 3.63) is 45.8 Å². The lowest BCUT2D eigenvalue weighted by atomic mass is 10.1. The Bertz CT molecular complexity index is 1110. The molecule has 1 aliphatic rings. The SMILES string of the molecule is COc1ncc(Cl)c(Nc2cccc3c(N[C@H](CO)C4CC4)cc(=O)n(C)c23)n1. The van der Waals surface area contributed by atoms with Crippen molar-refractivity contribution in [1.82, 2.24) is 14.5 Å². The summed E-state index contributed by atoms with van der Waals surface area (Å²) in [4.78, 5) is 20.9. The van der Waals surface area contributed by atoms with Gasteiger partial charge in [-0.05, 0) is 24.8 Å². The molecule has 0 saturated heterocycles. The standard InChI is InChI=1S/C20H22ClN5O3/c1-26-17(28)8-15(23-16(10-27)11-6-7-11)12-4-3-5-14(18(12)26)24-19-13(21)9-22-20(25-19)29-2/h3-5,8-9,11,16,23,27H,6-7,10H2,1-2H3,(H,22,24,25)/t16-/m1/s1. The van der Waals surface area contributed by atoms with Gasteiger partial charge >= 0.3 is 6.01 Å². The van der Waals surface area contributed by atoms with E-state index in [2.05, 4.69) is 20.6 Å². The molecular formula is C20H22ClN5O3. The number of methoxy groups -OCH3 is 1. The predicted octanol–water partition coefficient (Wildman–Crippen LogP) is 2.92. The monoisotopic (exact) mass is 415 g/mol. The van der Waals surface area contributed by atoms with Crippen LogP contribution < -0.4 is 20.9 Å². The minimum Gasteiger partial charge on any atom is -0.467 e. The molecule has 1 saturated carbocycles. The molecule has 2 heterocycles.